The van der Waals surface area contributed by atoms with Crippen molar-refractivity contribution in [2.75, 3.05) is 39.3 Å². The summed E-state index contributed by atoms with van der Waals surface area (Å²) in [5.41, 5.74) is 0. The first-order valence-corrected chi connectivity index (χ1v) is 9.02. The number of hydrogen-bond acceptors (Lipinski definition) is 4. The molecule has 0 saturated carbocycles. The van der Waals surface area contributed by atoms with Crippen molar-refractivity contribution in [2.24, 2.45) is 5.92 Å². The average molecular weight is 375 g/mol. The molecule has 1 atom stereocenters. The Bertz CT molecular complexity index is 473. The first-order chi connectivity index (χ1) is 11.5. The molecule has 2 aliphatic heterocycles. The van der Waals surface area contributed by atoms with Gasteiger partial charge in [0.1, 0.15) is 0 Å². The molecule has 2 heterocycles. The second kappa shape index (κ2) is 10.6. The maximum Gasteiger partial charge on any atom is 0.242 e. The van der Waals surface area contributed by atoms with E-state index in [-0.39, 0.29) is 42.7 Å². The highest BCUT2D eigenvalue weighted by molar-refractivity contribution is 5.85. The molecule has 0 aromatic heterocycles. The second-order valence-electron chi connectivity index (χ2n) is 7.11. The summed E-state index contributed by atoms with van der Waals surface area (Å²) in [5.74, 6) is 0.469. The summed E-state index contributed by atoms with van der Waals surface area (Å²) in [6.45, 7) is 7.38. The smallest absolute Gasteiger partial charge is 0.242 e. The first-order valence-electron chi connectivity index (χ1n) is 9.02. The van der Waals surface area contributed by atoms with Gasteiger partial charge >= 0.3 is 0 Å². The van der Waals surface area contributed by atoms with Gasteiger partial charge in [0, 0.05) is 38.6 Å². The molecule has 3 amide bonds. The molecule has 25 heavy (non-hydrogen) atoms. The largest absolute Gasteiger partial charge is 0.347 e. The molecule has 2 saturated heterocycles. The molecular formula is C17H31ClN4O3. The summed E-state index contributed by atoms with van der Waals surface area (Å²) in [6.07, 6.45) is 3.13. The molecular weight excluding hydrogens is 344 g/mol. The van der Waals surface area contributed by atoms with Crippen LogP contribution in [-0.2, 0) is 14.4 Å². The highest BCUT2D eigenvalue weighted by atomic mass is 35.5. The van der Waals surface area contributed by atoms with Crippen LogP contribution >= 0.6 is 12.4 Å². The van der Waals surface area contributed by atoms with Crippen LogP contribution in [0.3, 0.4) is 0 Å². The lowest BCUT2D eigenvalue weighted by Crippen LogP contribution is -2.58. The first kappa shape index (κ1) is 21.7. The second-order valence-corrected chi connectivity index (χ2v) is 7.11. The van der Waals surface area contributed by atoms with Gasteiger partial charge in [-0.05, 0) is 25.2 Å². The maximum atomic E-state index is 12.3. The zero-order chi connectivity index (χ0) is 17.5. The number of piperazine rings is 1. The van der Waals surface area contributed by atoms with Crippen molar-refractivity contribution in [3.05, 3.63) is 0 Å². The number of halogens is 1. The summed E-state index contributed by atoms with van der Waals surface area (Å²) in [4.78, 5) is 39.8. The van der Waals surface area contributed by atoms with Crippen LogP contribution in [0.15, 0.2) is 0 Å². The summed E-state index contributed by atoms with van der Waals surface area (Å²) in [5, 5.41) is 5.79. The minimum atomic E-state index is -0.0668. The van der Waals surface area contributed by atoms with Crippen LogP contribution in [0.4, 0.5) is 0 Å². The third kappa shape index (κ3) is 6.82. The molecule has 0 spiro atoms. The predicted octanol–water partition coefficient (Wildman–Crippen LogP) is 0.383. The van der Waals surface area contributed by atoms with E-state index in [1.54, 1.807) is 4.90 Å². The molecule has 2 aliphatic rings. The van der Waals surface area contributed by atoms with Gasteiger partial charge in [0.25, 0.3) is 0 Å². The van der Waals surface area contributed by atoms with E-state index in [0.29, 0.717) is 38.5 Å². The fourth-order valence-electron chi connectivity index (χ4n) is 3.24. The Morgan fingerprint density at radius 3 is 2.76 bits per heavy atom. The van der Waals surface area contributed by atoms with Crippen LogP contribution in [0.1, 0.15) is 39.5 Å². The van der Waals surface area contributed by atoms with Crippen molar-refractivity contribution >= 4 is 30.1 Å². The summed E-state index contributed by atoms with van der Waals surface area (Å²) >= 11 is 0. The van der Waals surface area contributed by atoms with Crippen molar-refractivity contribution in [2.45, 2.75) is 45.6 Å². The average Bonchev–Trinajstić information content (AvgIpc) is 2.58. The van der Waals surface area contributed by atoms with Crippen molar-refractivity contribution in [3.63, 3.8) is 0 Å². The van der Waals surface area contributed by atoms with E-state index in [1.807, 2.05) is 4.90 Å². The quantitative estimate of drug-likeness (QED) is 0.704. The Kier molecular flexibility index (Phi) is 9.21. The van der Waals surface area contributed by atoms with Crippen molar-refractivity contribution in [1.82, 2.24) is 20.4 Å². The van der Waals surface area contributed by atoms with E-state index in [9.17, 15) is 14.4 Å². The van der Waals surface area contributed by atoms with Crippen LogP contribution < -0.4 is 10.6 Å². The minimum Gasteiger partial charge on any atom is -0.347 e. The Labute approximate surface area is 156 Å². The van der Waals surface area contributed by atoms with E-state index in [2.05, 4.69) is 24.5 Å². The van der Waals surface area contributed by atoms with Crippen molar-refractivity contribution in [3.8, 4) is 0 Å². The van der Waals surface area contributed by atoms with Crippen molar-refractivity contribution in [1.29, 1.82) is 0 Å². The van der Waals surface area contributed by atoms with Gasteiger partial charge in [-0.1, -0.05) is 13.8 Å². The lowest BCUT2D eigenvalue weighted by Gasteiger charge is -2.41. The number of rotatable bonds is 6. The summed E-state index contributed by atoms with van der Waals surface area (Å²) in [6, 6.07) is 0.106. The number of amides is 3. The SMILES string of the molecule is CC(C)CCC(=O)NCC(=O)N1CCCC(N2CCNCC2=O)C1.Cl. The van der Waals surface area contributed by atoms with Crippen LogP contribution in [0.5, 0.6) is 0 Å². The topological polar surface area (TPSA) is 81.8 Å². The van der Waals surface area contributed by atoms with E-state index in [1.165, 1.54) is 0 Å². The highest BCUT2D eigenvalue weighted by Gasteiger charge is 2.31. The Balaban J connectivity index is 0.00000312. The Hall–Kier alpha value is -1.34. The predicted molar refractivity (Wildman–Crippen MR) is 98.5 cm³/mol. The molecule has 0 radical (unpaired) electrons. The maximum absolute atomic E-state index is 12.3. The van der Waals surface area contributed by atoms with Crippen LogP contribution in [-0.4, -0.2) is 72.8 Å². The van der Waals surface area contributed by atoms with Gasteiger partial charge in [0.05, 0.1) is 13.1 Å². The minimum absolute atomic E-state index is 0. The lowest BCUT2D eigenvalue weighted by atomic mass is 10.0. The lowest BCUT2D eigenvalue weighted by molar-refractivity contribution is -0.140. The molecule has 2 N–H and O–H groups in total. The van der Waals surface area contributed by atoms with Crippen LogP contribution in [0.25, 0.3) is 0 Å². The fourth-order valence-corrected chi connectivity index (χ4v) is 3.24. The molecule has 7 nitrogen and oxygen atoms in total. The highest BCUT2D eigenvalue weighted by Crippen LogP contribution is 2.17. The van der Waals surface area contributed by atoms with Gasteiger partial charge in [-0.2, -0.15) is 0 Å². The molecule has 8 heteroatoms. The molecule has 2 rings (SSSR count). The number of carbonyl (C=O) groups is 3. The number of carbonyl (C=O) groups excluding carboxylic acids is 3. The Morgan fingerprint density at radius 2 is 2.08 bits per heavy atom. The third-order valence-corrected chi connectivity index (χ3v) is 4.70. The Morgan fingerprint density at radius 1 is 1.32 bits per heavy atom. The van der Waals surface area contributed by atoms with E-state index >= 15 is 0 Å². The van der Waals surface area contributed by atoms with Gasteiger partial charge in [-0.25, -0.2) is 0 Å². The van der Waals surface area contributed by atoms with Crippen LogP contribution in [0, 0.1) is 5.92 Å². The summed E-state index contributed by atoms with van der Waals surface area (Å²) < 4.78 is 0. The fraction of sp³-hybridized carbons (Fsp3) is 0.824. The van der Waals surface area contributed by atoms with E-state index in [0.717, 1.165) is 25.8 Å². The third-order valence-electron chi connectivity index (χ3n) is 4.70. The number of hydrogen-bond donors (Lipinski definition) is 2. The zero-order valence-electron chi connectivity index (χ0n) is 15.3. The number of nitrogens with one attached hydrogen (secondary N) is 2. The van der Waals surface area contributed by atoms with Gasteiger partial charge < -0.3 is 20.4 Å². The zero-order valence-corrected chi connectivity index (χ0v) is 16.1. The van der Waals surface area contributed by atoms with E-state index < -0.39 is 0 Å². The standard InChI is InChI=1S/C17H30N4O3.ClH/c1-13(2)5-6-15(22)19-11-16(23)20-8-3-4-14(12-20)21-9-7-18-10-17(21)24;/h13-14,18H,3-12H2,1-2H3,(H,19,22);1H. The number of piperidine rings is 1. The van der Waals surface area contributed by atoms with Crippen LogP contribution in [0.2, 0.25) is 0 Å². The molecule has 2 fully saturated rings. The summed E-state index contributed by atoms with van der Waals surface area (Å²) in [7, 11) is 0. The van der Waals surface area contributed by atoms with E-state index in [4.69, 9.17) is 0 Å². The monoisotopic (exact) mass is 374 g/mol. The van der Waals surface area contributed by atoms with Gasteiger partial charge in [0.2, 0.25) is 17.7 Å². The van der Waals surface area contributed by atoms with Crippen molar-refractivity contribution < 1.29 is 14.4 Å². The number of nitrogens with zero attached hydrogens (tertiary/aromatic N) is 2. The number of likely N-dealkylation sites (tertiary alicyclic amines) is 1. The molecule has 0 bridgehead atoms. The molecule has 0 aromatic carbocycles. The normalized spacial score (nSPS) is 21.1. The molecule has 1 unspecified atom stereocenters. The molecule has 0 aromatic rings. The molecule has 144 valence electrons. The van der Waals surface area contributed by atoms with Gasteiger partial charge in [0.15, 0.2) is 0 Å². The molecule has 0 aliphatic carbocycles. The van der Waals surface area contributed by atoms with Gasteiger partial charge in [-0.3, -0.25) is 14.4 Å². The van der Waals surface area contributed by atoms with Gasteiger partial charge in [-0.15, -0.1) is 12.4 Å².